The quantitative estimate of drug-likeness (QED) is 0.819. The van der Waals surface area contributed by atoms with Crippen LogP contribution in [0.2, 0.25) is 5.02 Å². The maximum Gasteiger partial charge on any atom is 0.152 e. The van der Waals surface area contributed by atoms with Gasteiger partial charge in [-0.05, 0) is 12.1 Å². The van der Waals surface area contributed by atoms with Gasteiger partial charge in [0.15, 0.2) is 5.82 Å². The van der Waals surface area contributed by atoms with E-state index in [-0.39, 0.29) is 0 Å². The Bertz CT molecular complexity index is 417. The third-order valence-electron chi connectivity index (χ3n) is 1.70. The highest BCUT2D eigenvalue weighted by molar-refractivity contribution is 6.32. The van der Waals surface area contributed by atoms with Crippen LogP contribution in [0.15, 0.2) is 42.9 Å². The average molecular weight is 206 g/mol. The Hall–Kier alpha value is -1.61. The van der Waals surface area contributed by atoms with E-state index in [1.54, 1.807) is 6.20 Å². The van der Waals surface area contributed by atoms with Crippen LogP contribution in [0.1, 0.15) is 0 Å². The minimum Gasteiger partial charge on any atom is -0.339 e. The van der Waals surface area contributed by atoms with E-state index in [1.807, 2.05) is 30.3 Å². The zero-order chi connectivity index (χ0) is 9.80. The standard InChI is InChI=1S/C10H8ClN3/c11-9-6-12-7-13-10(9)14-8-4-2-1-3-5-8/h1-7H,(H,12,13,14). The minimum absolute atomic E-state index is 0.511. The van der Waals surface area contributed by atoms with Crippen molar-refractivity contribution in [2.75, 3.05) is 5.32 Å². The first-order valence-corrected chi connectivity index (χ1v) is 4.51. The van der Waals surface area contributed by atoms with Gasteiger partial charge in [-0.1, -0.05) is 29.8 Å². The van der Waals surface area contributed by atoms with E-state index in [0.29, 0.717) is 10.8 Å². The van der Waals surface area contributed by atoms with Crippen molar-refractivity contribution in [3.05, 3.63) is 47.9 Å². The van der Waals surface area contributed by atoms with Crippen molar-refractivity contribution < 1.29 is 0 Å². The largest absolute Gasteiger partial charge is 0.339 e. The molecule has 0 saturated heterocycles. The third-order valence-corrected chi connectivity index (χ3v) is 1.98. The summed E-state index contributed by atoms with van der Waals surface area (Å²) in [4.78, 5) is 7.82. The van der Waals surface area contributed by atoms with Gasteiger partial charge in [-0.25, -0.2) is 9.97 Å². The van der Waals surface area contributed by atoms with Crippen LogP contribution >= 0.6 is 11.6 Å². The fraction of sp³-hybridized carbons (Fsp3) is 0. The molecule has 2 rings (SSSR count). The molecule has 0 unspecified atom stereocenters. The third kappa shape index (κ3) is 2.00. The number of nitrogens with zero attached hydrogens (tertiary/aromatic N) is 2. The van der Waals surface area contributed by atoms with Crippen LogP contribution in [-0.4, -0.2) is 9.97 Å². The predicted octanol–water partition coefficient (Wildman–Crippen LogP) is 2.87. The lowest BCUT2D eigenvalue weighted by molar-refractivity contribution is 1.17. The van der Waals surface area contributed by atoms with Crippen LogP contribution in [0, 0.1) is 0 Å². The Balaban J connectivity index is 2.24. The molecule has 0 aliphatic heterocycles. The molecule has 0 atom stereocenters. The molecule has 2 aromatic rings. The lowest BCUT2D eigenvalue weighted by Crippen LogP contribution is -1.94. The predicted molar refractivity (Wildman–Crippen MR) is 56.8 cm³/mol. The SMILES string of the molecule is Clc1cncnc1Nc1ccccc1. The lowest BCUT2D eigenvalue weighted by Gasteiger charge is -2.05. The van der Waals surface area contributed by atoms with E-state index in [1.165, 1.54) is 6.33 Å². The smallest absolute Gasteiger partial charge is 0.152 e. The minimum atomic E-state index is 0.511. The van der Waals surface area contributed by atoms with E-state index in [4.69, 9.17) is 11.6 Å². The zero-order valence-electron chi connectivity index (χ0n) is 7.31. The van der Waals surface area contributed by atoms with Gasteiger partial charge < -0.3 is 5.32 Å². The first-order valence-electron chi connectivity index (χ1n) is 4.14. The Labute approximate surface area is 86.8 Å². The molecule has 0 radical (unpaired) electrons. The first kappa shape index (κ1) is 8.97. The molecule has 0 fully saturated rings. The molecule has 4 heteroatoms. The normalized spacial score (nSPS) is 9.79. The topological polar surface area (TPSA) is 37.8 Å². The molecule has 0 aliphatic rings. The average Bonchev–Trinajstić information content (AvgIpc) is 2.23. The summed E-state index contributed by atoms with van der Waals surface area (Å²) in [6.07, 6.45) is 3.01. The fourth-order valence-corrected chi connectivity index (χ4v) is 1.22. The molecular formula is C10H8ClN3. The number of hydrogen-bond acceptors (Lipinski definition) is 3. The summed E-state index contributed by atoms with van der Waals surface area (Å²) in [5.41, 5.74) is 0.952. The fourth-order valence-electron chi connectivity index (χ4n) is 1.06. The zero-order valence-corrected chi connectivity index (χ0v) is 8.07. The second kappa shape index (κ2) is 4.07. The molecule has 70 valence electrons. The Morgan fingerprint density at radius 3 is 2.64 bits per heavy atom. The molecular weight excluding hydrogens is 198 g/mol. The van der Waals surface area contributed by atoms with Crippen molar-refractivity contribution in [2.45, 2.75) is 0 Å². The summed E-state index contributed by atoms with van der Waals surface area (Å²) < 4.78 is 0. The second-order valence-electron chi connectivity index (χ2n) is 2.71. The molecule has 3 nitrogen and oxygen atoms in total. The molecule has 1 N–H and O–H groups in total. The number of hydrogen-bond donors (Lipinski definition) is 1. The van der Waals surface area contributed by atoms with E-state index < -0.39 is 0 Å². The van der Waals surface area contributed by atoms with Gasteiger partial charge in [-0.3, -0.25) is 0 Å². The van der Waals surface area contributed by atoms with Crippen LogP contribution < -0.4 is 5.32 Å². The van der Waals surface area contributed by atoms with E-state index in [0.717, 1.165) is 5.69 Å². The number of para-hydroxylation sites is 1. The molecule has 0 amide bonds. The van der Waals surface area contributed by atoms with Crippen molar-refractivity contribution in [2.24, 2.45) is 0 Å². The molecule has 1 aromatic heterocycles. The molecule has 0 bridgehead atoms. The maximum absolute atomic E-state index is 5.89. The first-order chi connectivity index (χ1) is 6.86. The monoisotopic (exact) mass is 205 g/mol. The van der Waals surface area contributed by atoms with Gasteiger partial charge in [0.1, 0.15) is 11.3 Å². The summed E-state index contributed by atoms with van der Waals surface area (Å²) in [6.45, 7) is 0. The molecule has 0 saturated carbocycles. The van der Waals surface area contributed by atoms with Gasteiger partial charge in [0.25, 0.3) is 0 Å². The van der Waals surface area contributed by atoms with Crippen LogP contribution in [0.3, 0.4) is 0 Å². The number of rotatable bonds is 2. The number of nitrogens with one attached hydrogen (secondary N) is 1. The Morgan fingerprint density at radius 1 is 1.14 bits per heavy atom. The van der Waals surface area contributed by atoms with Crippen LogP contribution in [-0.2, 0) is 0 Å². The Morgan fingerprint density at radius 2 is 1.93 bits per heavy atom. The summed E-state index contributed by atoms with van der Waals surface area (Å²) in [6, 6.07) is 9.72. The molecule has 1 heterocycles. The number of benzene rings is 1. The van der Waals surface area contributed by atoms with E-state index in [9.17, 15) is 0 Å². The van der Waals surface area contributed by atoms with E-state index >= 15 is 0 Å². The molecule has 1 aromatic carbocycles. The van der Waals surface area contributed by atoms with Crippen molar-refractivity contribution >= 4 is 23.1 Å². The van der Waals surface area contributed by atoms with Gasteiger partial charge >= 0.3 is 0 Å². The molecule has 0 spiro atoms. The van der Waals surface area contributed by atoms with Crippen molar-refractivity contribution in [1.29, 1.82) is 0 Å². The van der Waals surface area contributed by atoms with Crippen LogP contribution in [0.5, 0.6) is 0 Å². The van der Waals surface area contributed by atoms with Gasteiger partial charge in [-0.15, -0.1) is 0 Å². The molecule has 14 heavy (non-hydrogen) atoms. The second-order valence-corrected chi connectivity index (χ2v) is 3.12. The Kier molecular flexibility index (Phi) is 2.60. The van der Waals surface area contributed by atoms with Gasteiger partial charge in [0.2, 0.25) is 0 Å². The van der Waals surface area contributed by atoms with Crippen molar-refractivity contribution in [3.8, 4) is 0 Å². The number of halogens is 1. The summed E-state index contributed by atoms with van der Waals surface area (Å²) in [7, 11) is 0. The van der Waals surface area contributed by atoms with Crippen molar-refractivity contribution in [3.63, 3.8) is 0 Å². The van der Waals surface area contributed by atoms with Gasteiger partial charge in [0, 0.05) is 5.69 Å². The van der Waals surface area contributed by atoms with Gasteiger partial charge in [-0.2, -0.15) is 0 Å². The van der Waals surface area contributed by atoms with Crippen LogP contribution in [0.4, 0.5) is 11.5 Å². The highest BCUT2D eigenvalue weighted by Crippen LogP contribution is 2.20. The van der Waals surface area contributed by atoms with E-state index in [2.05, 4.69) is 15.3 Å². The van der Waals surface area contributed by atoms with Crippen LogP contribution in [0.25, 0.3) is 0 Å². The number of aromatic nitrogens is 2. The highest BCUT2D eigenvalue weighted by Gasteiger charge is 2.00. The lowest BCUT2D eigenvalue weighted by atomic mass is 10.3. The molecule has 0 aliphatic carbocycles. The summed E-state index contributed by atoms with van der Waals surface area (Å²) in [5, 5.41) is 3.60. The summed E-state index contributed by atoms with van der Waals surface area (Å²) in [5.74, 6) is 0.618. The summed E-state index contributed by atoms with van der Waals surface area (Å²) >= 11 is 5.89. The number of anilines is 2. The maximum atomic E-state index is 5.89. The van der Waals surface area contributed by atoms with Crippen molar-refractivity contribution in [1.82, 2.24) is 9.97 Å². The highest BCUT2D eigenvalue weighted by atomic mass is 35.5. The van der Waals surface area contributed by atoms with Gasteiger partial charge in [0.05, 0.1) is 6.20 Å².